The van der Waals surface area contributed by atoms with E-state index >= 15 is 0 Å². The van der Waals surface area contributed by atoms with Crippen LogP contribution in [0.2, 0.25) is 0 Å². The maximum Gasteiger partial charge on any atom is 0.338 e. The number of carbonyl (C=O) groups excluding carboxylic acids is 2. The van der Waals surface area contributed by atoms with Gasteiger partial charge >= 0.3 is 5.97 Å². The summed E-state index contributed by atoms with van der Waals surface area (Å²) in [6.07, 6.45) is 1.09. The molecule has 2 rings (SSSR count). The number of nitrogens with zero attached hydrogens (tertiary/aromatic N) is 2. The molecule has 144 valence electrons. The molecule has 0 aromatic heterocycles. The third kappa shape index (κ3) is 4.82. The van der Waals surface area contributed by atoms with Crippen LogP contribution >= 0.6 is 0 Å². The molecule has 1 aromatic rings. The minimum atomic E-state index is -3.55. The Kier molecular flexibility index (Phi) is 6.41. The first-order chi connectivity index (χ1) is 12.1. The molecule has 1 heterocycles. The van der Waals surface area contributed by atoms with Gasteiger partial charge < -0.3 is 9.64 Å². The number of piperidine rings is 1. The molecule has 1 aromatic carbocycles. The molecule has 1 saturated heterocycles. The molecular formula is C18H26N2O5S. The van der Waals surface area contributed by atoms with Crippen molar-refractivity contribution in [1.29, 1.82) is 0 Å². The lowest BCUT2D eigenvalue weighted by Crippen LogP contribution is -2.44. The van der Waals surface area contributed by atoms with Gasteiger partial charge in [-0.15, -0.1) is 0 Å². The van der Waals surface area contributed by atoms with Crippen molar-refractivity contribution in [1.82, 2.24) is 9.21 Å². The highest BCUT2D eigenvalue weighted by Crippen LogP contribution is 2.21. The molecule has 7 nitrogen and oxygen atoms in total. The van der Waals surface area contributed by atoms with Gasteiger partial charge in [-0.3, -0.25) is 4.79 Å². The van der Waals surface area contributed by atoms with Crippen molar-refractivity contribution < 1.29 is 22.7 Å². The molecule has 0 spiro atoms. The summed E-state index contributed by atoms with van der Waals surface area (Å²) in [5.74, 6) is 0.0167. The third-order valence-corrected chi connectivity index (χ3v) is 6.25. The van der Waals surface area contributed by atoms with Crippen LogP contribution < -0.4 is 0 Å². The average Bonchev–Trinajstić information content (AvgIpc) is 2.58. The summed E-state index contributed by atoms with van der Waals surface area (Å²) in [5, 5.41) is 0. The Bertz CT molecular complexity index is 748. The monoisotopic (exact) mass is 382 g/mol. The highest BCUT2D eigenvalue weighted by atomic mass is 32.2. The average molecular weight is 382 g/mol. The number of ether oxygens (including phenoxy) is 1. The van der Waals surface area contributed by atoms with Crippen LogP contribution in [-0.4, -0.2) is 63.3 Å². The second-order valence-corrected chi connectivity index (χ2v) is 9.28. The number of sulfonamides is 1. The lowest BCUT2D eigenvalue weighted by molar-refractivity contribution is -0.137. The highest BCUT2D eigenvalue weighted by Gasteiger charge is 2.26. The van der Waals surface area contributed by atoms with Gasteiger partial charge in [0.25, 0.3) is 5.91 Å². The van der Waals surface area contributed by atoms with E-state index in [1.165, 1.54) is 38.4 Å². The fourth-order valence-electron chi connectivity index (χ4n) is 3.14. The van der Waals surface area contributed by atoms with Gasteiger partial charge in [0.1, 0.15) is 0 Å². The Balaban J connectivity index is 1.95. The first-order valence-electron chi connectivity index (χ1n) is 8.58. The Hall–Kier alpha value is -1.93. The number of likely N-dealkylation sites (tertiary alicyclic amines) is 1. The van der Waals surface area contributed by atoms with Crippen LogP contribution in [0, 0.1) is 11.8 Å². The van der Waals surface area contributed by atoms with Gasteiger partial charge in [0.15, 0.2) is 6.61 Å². The summed E-state index contributed by atoms with van der Waals surface area (Å²) < 4.78 is 30.2. The Morgan fingerprint density at radius 1 is 1.12 bits per heavy atom. The van der Waals surface area contributed by atoms with Crippen molar-refractivity contribution in [3.05, 3.63) is 29.8 Å². The van der Waals surface area contributed by atoms with E-state index in [9.17, 15) is 18.0 Å². The van der Waals surface area contributed by atoms with Crippen molar-refractivity contribution >= 4 is 21.9 Å². The highest BCUT2D eigenvalue weighted by molar-refractivity contribution is 7.89. The summed E-state index contributed by atoms with van der Waals surface area (Å²) in [6, 6.07) is 5.46. The molecule has 2 unspecified atom stereocenters. The molecule has 0 radical (unpaired) electrons. The van der Waals surface area contributed by atoms with Gasteiger partial charge in [0.2, 0.25) is 10.0 Å². The Morgan fingerprint density at radius 3 is 2.15 bits per heavy atom. The summed E-state index contributed by atoms with van der Waals surface area (Å²) in [7, 11) is -0.678. The molecule has 0 bridgehead atoms. The van der Waals surface area contributed by atoms with E-state index in [0.29, 0.717) is 24.9 Å². The van der Waals surface area contributed by atoms with Crippen LogP contribution in [0.15, 0.2) is 29.2 Å². The van der Waals surface area contributed by atoms with Gasteiger partial charge in [-0.2, -0.15) is 0 Å². The molecule has 1 amide bonds. The molecule has 2 atom stereocenters. The maximum absolute atomic E-state index is 12.2. The van der Waals surface area contributed by atoms with Crippen LogP contribution in [0.25, 0.3) is 0 Å². The molecule has 26 heavy (non-hydrogen) atoms. The molecule has 1 fully saturated rings. The third-order valence-electron chi connectivity index (χ3n) is 4.42. The quantitative estimate of drug-likeness (QED) is 0.722. The molecule has 0 saturated carbocycles. The van der Waals surface area contributed by atoms with E-state index in [1.54, 1.807) is 4.90 Å². The first kappa shape index (κ1) is 20.4. The molecule has 1 aliphatic rings. The van der Waals surface area contributed by atoms with Crippen molar-refractivity contribution in [3.8, 4) is 0 Å². The van der Waals surface area contributed by atoms with Gasteiger partial charge in [-0.05, 0) is 42.5 Å². The first-order valence-corrected chi connectivity index (χ1v) is 10.0. The van der Waals surface area contributed by atoms with E-state index in [-0.39, 0.29) is 23.0 Å². The van der Waals surface area contributed by atoms with E-state index in [1.807, 2.05) is 0 Å². The topological polar surface area (TPSA) is 84.0 Å². The van der Waals surface area contributed by atoms with E-state index in [2.05, 4.69) is 13.8 Å². The summed E-state index contributed by atoms with van der Waals surface area (Å²) in [6.45, 7) is 5.25. The Labute approximate surface area is 155 Å². The van der Waals surface area contributed by atoms with E-state index in [4.69, 9.17) is 4.74 Å². The van der Waals surface area contributed by atoms with Crippen molar-refractivity contribution in [3.63, 3.8) is 0 Å². The molecule has 0 N–H and O–H groups in total. The van der Waals surface area contributed by atoms with Gasteiger partial charge in [-0.25, -0.2) is 17.5 Å². The molecule has 8 heteroatoms. The normalized spacial score (nSPS) is 20.9. The van der Waals surface area contributed by atoms with Crippen molar-refractivity contribution in [2.24, 2.45) is 11.8 Å². The van der Waals surface area contributed by atoms with Gasteiger partial charge in [-0.1, -0.05) is 13.8 Å². The summed E-state index contributed by atoms with van der Waals surface area (Å²) >= 11 is 0. The number of carbonyl (C=O) groups is 2. The van der Waals surface area contributed by atoms with Crippen LogP contribution in [0.1, 0.15) is 30.6 Å². The van der Waals surface area contributed by atoms with Crippen LogP contribution in [-0.2, 0) is 19.6 Å². The van der Waals surface area contributed by atoms with E-state index in [0.717, 1.165) is 10.7 Å². The number of rotatable bonds is 5. The van der Waals surface area contributed by atoms with Gasteiger partial charge in [0.05, 0.1) is 10.5 Å². The zero-order valence-electron chi connectivity index (χ0n) is 15.6. The lowest BCUT2D eigenvalue weighted by Gasteiger charge is -2.34. The van der Waals surface area contributed by atoms with Crippen molar-refractivity contribution in [2.45, 2.75) is 25.2 Å². The maximum atomic E-state index is 12.2. The predicted molar refractivity (Wildman–Crippen MR) is 97.1 cm³/mol. The minimum absolute atomic E-state index is 0.0893. The molecule has 0 aliphatic carbocycles. The van der Waals surface area contributed by atoms with Crippen LogP contribution in [0.4, 0.5) is 0 Å². The smallest absolute Gasteiger partial charge is 0.338 e. The molecular weight excluding hydrogens is 356 g/mol. The fourth-order valence-corrected chi connectivity index (χ4v) is 4.04. The second kappa shape index (κ2) is 8.18. The Morgan fingerprint density at radius 2 is 1.65 bits per heavy atom. The number of hydrogen-bond donors (Lipinski definition) is 0. The largest absolute Gasteiger partial charge is 0.452 e. The second-order valence-electron chi connectivity index (χ2n) is 7.13. The van der Waals surface area contributed by atoms with Crippen molar-refractivity contribution in [2.75, 3.05) is 33.8 Å². The van der Waals surface area contributed by atoms with Crippen LogP contribution in [0.5, 0.6) is 0 Å². The standard InChI is InChI=1S/C18H26N2O5S/c1-13-9-14(2)11-20(10-13)17(21)12-25-18(22)15-5-7-16(8-6-15)26(23,24)19(3)4/h5-8,13-14H,9-12H2,1-4H3. The fraction of sp³-hybridized carbons (Fsp3) is 0.556. The van der Waals surface area contributed by atoms with Gasteiger partial charge in [0, 0.05) is 27.2 Å². The zero-order chi connectivity index (χ0) is 19.5. The number of amides is 1. The SMILES string of the molecule is CC1CC(C)CN(C(=O)COC(=O)c2ccc(S(=O)(=O)N(C)C)cc2)C1. The predicted octanol–water partition coefficient (Wildman–Crippen LogP) is 1.60. The number of esters is 1. The minimum Gasteiger partial charge on any atom is -0.452 e. The summed E-state index contributed by atoms with van der Waals surface area (Å²) in [4.78, 5) is 26.2. The zero-order valence-corrected chi connectivity index (χ0v) is 16.5. The lowest BCUT2D eigenvalue weighted by atomic mass is 9.92. The number of benzene rings is 1. The van der Waals surface area contributed by atoms with Crippen LogP contribution in [0.3, 0.4) is 0 Å². The van der Waals surface area contributed by atoms with E-state index < -0.39 is 16.0 Å². The molecule has 1 aliphatic heterocycles. The summed E-state index contributed by atoms with van der Waals surface area (Å²) in [5.41, 5.74) is 0.205. The number of hydrogen-bond acceptors (Lipinski definition) is 5.